The zero-order chi connectivity index (χ0) is 28.4. The molecule has 0 unspecified atom stereocenters. The summed E-state index contributed by atoms with van der Waals surface area (Å²) in [5, 5.41) is 12.3. The molecule has 2 aromatic carbocycles. The van der Waals surface area contributed by atoms with Crippen molar-refractivity contribution in [1.82, 2.24) is 19.9 Å². The standard InChI is InChI=1S/C28H26FN5O5S/c1-14-7-19(26-22(8-14)33-25(37-4)12-31-26)27-34-21-9-20(29)23(10-24(21)40-27)38-15(2)16(3)39-28(36)32-17-5-6-18(13-35)30-11-17/h5-12,15-16,35H,13H2,1-4H3,(H,32,36)/t15-,16+/m0/s1. The van der Waals surface area contributed by atoms with Crippen LogP contribution in [0.5, 0.6) is 11.6 Å². The Morgan fingerprint density at radius 1 is 1.07 bits per heavy atom. The average molecular weight is 564 g/mol. The van der Waals surface area contributed by atoms with Gasteiger partial charge in [-0.05, 0) is 50.6 Å². The lowest BCUT2D eigenvalue weighted by atomic mass is 10.1. The predicted octanol–water partition coefficient (Wildman–Crippen LogP) is 5.65. The van der Waals surface area contributed by atoms with Gasteiger partial charge in [-0.3, -0.25) is 10.3 Å². The highest BCUT2D eigenvalue weighted by Gasteiger charge is 2.22. The fourth-order valence-corrected chi connectivity index (χ4v) is 4.94. The first-order valence-electron chi connectivity index (χ1n) is 12.4. The summed E-state index contributed by atoms with van der Waals surface area (Å²) in [5.74, 6) is -0.147. The van der Waals surface area contributed by atoms with E-state index in [1.165, 1.54) is 30.7 Å². The Morgan fingerprint density at radius 2 is 1.90 bits per heavy atom. The molecule has 0 aliphatic heterocycles. The zero-order valence-electron chi connectivity index (χ0n) is 22.1. The Balaban J connectivity index is 1.32. The van der Waals surface area contributed by atoms with Gasteiger partial charge >= 0.3 is 6.09 Å². The van der Waals surface area contributed by atoms with Gasteiger partial charge < -0.3 is 19.3 Å². The number of benzene rings is 2. The summed E-state index contributed by atoms with van der Waals surface area (Å²) in [6, 6.07) is 9.99. The van der Waals surface area contributed by atoms with Crippen molar-refractivity contribution in [1.29, 1.82) is 0 Å². The third-order valence-electron chi connectivity index (χ3n) is 6.15. The number of nitrogens with zero attached hydrogens (tertiary/aromatic N) is 4. The number of amides is 1. The highest BCUT2D eigenvalue weighted by atomic mass is 32.1. The minimum atomic E-state index is -0.712. The summed E-state index contributed by atoms with van der Waals surface area (Å²) in [7, 11) is 1.54. The van der Waals surface area contributed by atoms with Gasteiger partial charge in [0, 0.05) is 17.7 Å². The molecule has 0 spiro atoms. The summed E-state index contributed by atoms with van der Waals surface area (Å²) < 4.78 is 32.2. The van der Waals surface area contributed by atoms with Gasteiger partial charge in [-0.2, -0.15) is 0 Å². The van der Waals surface area contributed by atoms with Crippen molar-refractivity contribution in [3.05, 3.63) is 65.9 Å². The lowest BCUT2D eigenvalue weighted by Crippen LogP contribution is -2.32. The van der Waals surface area contributed by atoms with E-state index in [9.17, 15) is 4.79 Å². The molecule has 10 nitrogen and oxygen atoms in total. The maximum Gasteiger partial charge on any atom is 0.412 e. The number of carbonyl (C=O) groups is 1. The molecule has 40 heavy (non-hydrogen) atoms. The minimum Gasteiger partial charge on any atom is -0.484 e. The molecule has 0 radical (unpaired) electrons. The highest BCUT2D eigenvalue weighted by Crippen LogP contribution is 2.37. The van der Waals surface area contributed by atoms with Gasteiger partial charge in [0.05, 0.1) is 58.7 Å². The fraction of sp³-hybridized carbons (Fsp3) is 0.250. The Morgan fingerprint density at radius 3 is 2.62 bits per heavy atom. The van der Waals surface area contributed by atoms with Crippen LogP contribution in [0.15, 0.2) is 48.8 Å². The molecular formula is C28H26FN5O5S. The van der Waals surface area contributed by atoms with E-state index in [0.717, 1.165) is 15.8 Å². The van der Waals surface area contributed by atoms with E-state index in [1.807, 2.05) is 19.1 Å². The molecule has 0 saturated carbocycles. The Bertz CT molecular complexity index is 1690. The molecule has 3 aromatic heterocycles. The van der Waals surface area contributed by atoms with E-state index in [0.29, 0.717) is 38.8 Å². The number of aromatic nitrogens is 4. The number of aliphatic hydroxyl groups excluding tert-OH is 1. The van der Waals surface area contributed by atoms with Crippen LogP contribution in [0.3, 0.4) is 0 Å². The Hall–Kier alpha value is -4.42. The van der Waals surface area contributed by atoms with E-state index in [4.69, 9.17) is 19.3 Å². The third-order valence-corrected chi connectivity index (χ3v) is 7.20. The molecule has 2 atom stereocenters. The maximum absolute atomic E-state index is 15.0. The number of pyridine rings is 1. The number of rotatable bonds is 8. The summed E-state index contributed by atoms with van der Waals surface area (Å²) in [5.41, 5.74) is 4.48. The summed E-state index contributed by atoms with van der Waals surface area (Å²) in [6.07, 6.45) is 0.885. The van der Waals surface area contributed by atoms with Gasteiger partial charge in [-0.25, -0.2) is 24.1 Å². The van der Waals surface area contributed by atoms with E-state index in [1.54, 1.807) is 38.2 Å². The van der Waals surface area contributed by atoms with Crippen molar-refractivity contribution >= 4 is 44.4 Å². The first kappa shape index (κ1) is 27.2. The van der Waals surface area contributed by atoms with Gasteiger partial charge in [-0.15, -0.1) is 11.3 Å². The van der Waals surface area contributed by atoms with Gasteiger partial charge in [0.1, 0.15) is 17.2 Å². The quantitative estimate of drug-likeness (QED) is 0.246. The second-order valence-electron chi connectivity index (χ2n) is 9.12. The van der Waals surface area contributed by atoms with Crippen molar-refractivity contribution < 1.29 is 28.5 Å². The van der Waals surface area contributed by atoms with Gasteiger partial charge in [-0.1, -0.05) is 0 Å². The number of methoxy groups -OCH3 is 1. The van der Waals surface area contributed by atoms with Crippen LogP contribution in [-0.2, 0) is 11.3 Å². The van der Waals surface area contributed by atoms with Crippen LogP contribution in [0.2, 0.25) is 0 Å². The fourth-order valence-electron chi connectivity index (χ4n) is 3.94. The second-order valence-corrected chi connectivity index (χ2v) is 10.1. The number of carbonyl (C=O) groups excluding carboxylic acids is 1. The number of hydrogen-bond donors (Lipinski definition) is 2. The van der Waals surface area contributed by atoms with Crippen LogP contribution >= 0.6 is 11.3 Å². The SMILES string of the molecule is COc1cnc2c(-c3nc4cc(F)c(O[C@@H](C)[C@@H](C)OC(=O)Nc5ccc(CO)nc5)cc4s3)cc(C)cc2n1. The zero-order valence-corrected chi connectivity index (χ0v) is 23.0. The smallest absolute Gasteiger partial charge is 0.412 e. The Labute approximate surface area is 232 Å². The van der Waals surface area contributed by atoms with Gasteiger partial charge in [0.15, 0.2) is 11.6 Å². The largest absolute Gasteiger partial charge is 0.484 e. The molecule has 0 aliphatic carbocycles. The van der Waals surface area contributed by atoms with E-state index < -0.39 is 24.1 Å². The van der Waals surface area contributed by atoms with Crippen molar-refractivity contribution in [3.8, 4) is 22.2 Å². The molecule has 0 saturated heterocycles. The lowest BCUT2D eigenvalue weighted by Gasteiger charge is -2.22. The number of anilines is 1. The van der Waals surface area contributed by atoms with Crippen molar-refractivity contribution in [3.63, 3.8) is 0 Å². The molecule has 0 bridgehead atoms. The second kappa shape index (κ2) is 11.4. The number of aryl methyl sites for hydroxylation is 1. The molecule has 5 aromatic rings. The summed E-state index contributed by atoms with van der Waals surface area (Å²) in [6.45, 7) is 5.09. The molecular weight excluding hydrogens is 537 g/mol. The maximum atomic E-state index is 15.0. The average Bonchev–Trinajstić information content (AvgIpc) is 3.35. The van der Waals surface area contributed by atoms with Crippen molar-refractivity contribution in [2.45, 2.75) is 39.6 Å². The number of fused-ring (bicyclic) bond motifs is 2. The molecule has 0 aliphatic rings. The minimum absolute atomic E-state index is 0.0217. The first-order chi connectivity index (χ1) is 19.2. The highest BCUT2D eigenvalue weighted by molar-refractivity contribution is 7.21. The van der Waals surface area contributed by atoms with Crippen LogP contribution < -0.4 is 14.8 Å². The number of ether oxygens (including phenoxy) is 3. The normalized spacial score (nSPS) is 12.8. The van der Waals surface area contributed by atoms with E-state index >= 15 is 4.39 Å². The molecule has 5 rings (SSSR count). The number of aliphatic hydroxyl groups is 1. The first-order valence-corrected chi connectivity index (χ1v) is 13.2. The van der Waals surface area contributed by atoms with Crippen molar-refractivity contribution in [2.24, 2.45) is 0 Å². The van der Waals surface area contributed by atoms with Crippen LogP contribution in [0.25, 0.3) is 31.8 Å². The van der Waals surface area contributed by atoms with Crippen LogP contribution in [0.4, 0.5) is 14.9 Å². The molecule has 12 heteroatoms. The van der Waals surface area contributed by atoms with E-state index in [2.05, 4.69) is 25.3 Å². The number of hydrogen-bond acceptors (Lipinski definition) is 10. The molecule has 0 fully saturated rings. The number of thiazole rings is 1. The van der Waals surface area contributed by atoms with Crippen LogP contribution in [0.1, 0.15) is 25.1 Å². The molecule has 1 amide bonds. The predicted molar refractivity (Wildman–Crippen MR) is 149 cm³/mol. The summed E-state index contributed by atoms with van der Waals surface area (Å²) in [4.78, 5) is 29.9. The molecule has 206 valence electrons. The van der Waals surface area contributed by atoms with Gasteiger partial charge in [0.2, 0.25) is 5.88 Å². The van der Waals surface area contributed by atoms with Crippen LogP contribution in [0, 0.1) is 12.7 Å². The molecule has 2 N–H and O–H groups in total. The number of halogens is 1. The molecule has 3 heterocycles. The third kappa shape index (κ3) is 5.77. The van der Waals surface area contributed by atoms with Crippen molar-refractivity contribution in [2.75, 3.05) is 12.4 Å². The monoisotopic (exact) mass is 563 g/mol. The van der Waals surface area contributed by atoms with Gasteiger partial charge in [0.25, 0.3) is 0 Å². The lowest BCUT2D eigenvalue weighted by molar-refractivity contribution is 0.0402. The van der Waals surface area contributed by atoms with Crippen LogP contribution in [-0.4, -0.2) is 50.5 Å². The van der Waals surface area contributed by atoms with E-state index in [-0.39, 0.29) is 12.4 Å². The Kier molecular flexibility index (Phi) is 7.71. The topological polar surface area (TPSA) is 129 Å². The number of nitrogens with one attached hydrogen (secondary N) is 1. The summed E-state index contributed by atoms with van der Waals surface area (Å²) >= 11 is 1.38.